The zero-order valence-corrected chi connectivity index (χ0v) is 17.8. The third-order valence-corrected chi connectivity index (χ3v) is 4.56. The summed E-state index contributed by atoms with van der Waals surface area (Å²) in [5, 5.41) is 44.8. The molecule has 0 bridgehead atoms. The number of aliphatic hydroxyl groups is 1. The lowest BCUT2D eigenvalue weighted by Crippen LogP contribution is -2.02. The highest BCUT2D eigenvalue weighted by Crippen LogP contribution is 2.34. The maximum Gasteiger partial charge on any atom is 0.200 e. The number of aromatic hydroxyl groups is 3. The lowest BCUT2D eigenvalue weighted by Gasteiger charge is -2.11. The number of phenols is 3. The first-order chi connectivity index (χ1) is 16.5. The Balaban J connectivity index is 1.54. The van der Waals surface area contributed by atoms with Gasteiger partial charge in [0.25, 0.3) is 0 Å². The van der Waals surface area contributed by atoms with Gasteiger partial charge in [-0.3, -0.25) is 5.43 Å². The van der Waals surface area contributed by atoms with Crippen LogP contribution >= 0.6 is 0 Å². The van der Waals surface area contributed by atoms with Crippen molar-refractivity contribution in [2.75, 3.05) is 24.0 Å². The van der Waals surface area contributed by atoms with E-state index in [9.17, 15) is 15.3 Å². The van der Waals surface area contributed by atoms with Crippen LogP contribution < -0.4 is 15.5 Å². The van der Waals surface area contributed by atoms with Gasteiger partial charge in [-0.05, 0) is 24.3 Å². The first-order valence-electron chi connectivity index (χ1n) is 10.2. The number of hydrogen-bond donors (Lipinski definition) is 6. The predicted octanol–water partition coefficient (Wildman–Crippen LogP) is 2.49. The molecule has 6 N–H and O–H groups in total. The van der Waals surface area contributed by atoms with Crippen LogP contribution in [0.4, 0.5) is 17.3 Å². The number of fused-ring (bicyclic) bond motifs is 1. The minimum atomic E-state index is -0.606. The zero-order chi connectivity index (χ0) is 23.9. The van der Waals surface area contributed by atoms with Gasteiger partial charge in [0, 0.05) is 30.3 Å². The van der Waals surface area contributed by atoms with E-state index in [-0.39, 0.29) is 6.61 Å². The first kappa shape index (κ1) is 22.5. The Kier molecular flexibility index (Phi) is 6.79. The SMILES string of the molecule is OCCCOc1cccc(Nc2ncnc3c(N/N=C/c4cc(O)c(O)c(O)c4)ncnc23)c1. The quantitative estimate of drug-likeness (QED) is 0.0929. The van der Waals surface area contributed by atoms with E-state index in [0.717, 1.165) is 5.69 Å². The summed E-state index contributed by atoms with van der Waals surface area (Å²) in [6.07, 6.45) is 4.57. The Bertz CT molecular complexity index is 1310. The minimum absolute atomic E-state index is 0.0604. The molecule has 0 saturated heterocycles. The van der Waals surface area contributed by atoms with Gasteiger partial charge in [-0.2, -0.15) is 5.10 Å². The number of nitrogens with zero attached hydrogens (tertiary/aromatic N) is 5. The number of nitrogens with one attached hydrogen (secondary N) is 2. The smallest absolute Gasteiger partial charge is 0.200 e. The monoisotopic (exact) mass is 463 g/mol. The van der Waals surface area contributed by atoms with Crippen molar-refractivity contribution in [3.05, 3.63) is 54.6 Å². The predicted molar refractivity (Wildman–Crippen MR) is 125 cm³/mol. The van der Waals surface area contributed by atoms with Crippen molar-refractivity contribution in [2.45, 2.75) is 6.42 Å². The average molecular weight is 463 g/mol. The molecule has 12 nitrogen and oxygen atoms in total. The van der Waals surface area contributed by atoms with E-state index >= 15 is 0 Å². The maximum absolute atomic E-state index is 9.61. The molecule has 0 aliphatic heterocycles. The second-order valence-corrected chi connectivity index (χ2v) is 7.00. The summed E-state index contributed by atoms with van der Waals surface area (Å²) in [5.41, 5.74) is 4.67. The molecule has 174 valence electrons. The van der Waals surface area contributed by atoms with Crippen LogP contribution in [0.25, 0.3) is 11.0 Å². The number of hydrogen-bond acceptors (Lipinski definition) is 12. The van der Waals surface area contributed by atoms with Gasteiger partial charge in [0.15, 0.2) is 28.9 Å². The fraction of sp³-hybridized carbons (Fsp3) is 0.136. The van der Waals surface area contributed by atoms with Gasteiger partial charge >= 0.3 is 0 Å². The number of anilines is 3. The average Bonchev–Trinajstić information content (AvgIpc) is 2.83. The lowest BCUT2D eigenvalue weighted by atomic mass is 10.2. The summed E-state index contributed by atoms with van der Waals surface area (Å²) in [5.74, 6) is -0.152. The van der Waals surface area contributed by atoms with Crippen LogP contribution in [0.3, 0.4) is 0 Å². The molecule has 0 fully saturated rings. The van der Waals surface area contributed by atoms with Crippen molar-refractivity contribution < 1.29 is 25.2 Å². The number of phenolic OH excluding ortho intramolecular Hbond substituents is 3. The van der Waals surface area contributed by atoms with Gasteiger partial charge in [0.2, 0.25) is 0 Å². The Morgan fingerprint density at radius 2 is 1.62 bits per heavy atom. The number of benzene rings is 2. The molecule has 2 heterocycles. The second kappa shape index (κ2) is 10.3. The molecule has 12 heteroatoms. The molecule has 0 unspecified atom stereocenters. The van der Waals surface area contributed by atoms with Crippen molar-refractivity contribution >= 4 is 34.6 Å². The molecular weight excluding hydrogens is 442 g/mol. The molecule has 4 rings (SSSR count). The Hall–Kier alpha value is -4.71. The summed E-state index contributed by atoms with van der Waals surface area (Å²) in [6.45, 7) is 0.466. The van der Waals surface area contributed by atoms with E-state index in [2.05, 4.69) is 35.8 Å². The lowest BCUT2D eigenvalue weighted by molar-refractivity contribution is 0.233. The summed E-state index contributed by atoms with van der Waals surface area (Å²) in [4.78, 5) is 16.9. The molecule has 0 radical (unpaired) electrons. The highest BCUT2D eigenvalue weighted by Gasteiger charge is 2.11. The number of aromatic nitrogens is 4. The molecule has 0 aliphatic rings. The maximum atomic E-state index is 9.61. The number of hydrazone groups is 1. The van der Waals surface area contributed by atoms with Gasteiger partial charge in [0.1, 0.15) is 29.4 Å². The molecule has 0 saturated carbocycles. The van der Waals surface area contributed by atoms with E-state index in [0.29, 0.717) is 47.0 Å². The summed E-state index contributed by atoms with van der Waals surface area (Å²) in [6, 6.07) is 9.78. The summed E-state index contributed by atoms with van der Waals surface area (Å²) >= 11 is 0. The van der Waals surface area contributed by atoms with Crippen molar-refractivity contribution in [1.82, 2.24) is 19.9 Å². The minimum Gasteiger partial charge on any atom is -0.504 e. The molecule has 0 amide bonds. The van der Waals surface area contributed by atoms with Crippen LogP contribution in [0.2, 0.25) is 0 Å². The topological polar surface area (TPSA) is 178 Å². The van der Waals surface area contributed by atoms with Crippen LogP contribution in [-0.4, -0.2) is 59.8 Å². The van der Waals surface area contributed by atoms with Crippen LogP contribution in [0.5, 0.6) is 23.0 Å². The van der Waals surface area contributed by atoms with Crippen LogP contribution in [0.15, 0.2) is 54.2 Å². The molecule has 0 spiro atoms. The molecule has 4 aromatic rings. The number of ether oxygens (including phenoxy) is 1. The van der Waals surface area contributed by atoms with Crippen molar-refractivity contribution in [2.24, 2.45) is 5.10 Å². The van der Waals surface area contributed by atoms with E-state index in [1.54, 1.807) is 6.07 Å². The number of rotatable bonds is 9. The highest BCUT2D eigenvalue weighted by atomic mass is 16.5. The standard InChI is InChI=1S/C22H21N7O5/c30-5-2-6-34-15-4-1-3-14(9-15)28-21-18-19(24-11-25-21)22(26-12-23-18)29-27-10-13-7-16(31)20(33)17(32)8-13/h1,3-4,7-12,30-33H,2,5-6H2,(H,23,26,29)(H,24,25,28)/b27-10+. The van der Waals surface area contributed by atoms with Gasteiger partial charge in [-0.1, -0.05) is 6.07 Å². The van der Waals surface area contributed by atoms with Crippen LogP contribution in [0.1, 0.15) is 12.0 Å². The second-order valence-electron chi connectivity index (χ2n) is 7.00. The molecule has 2 aromatic heterocycles. The molecule has 0 atom stereocenters. The normalized spacial score (nSPS) is 11.1. The van der Waals surface area contributed by atoms with E-state index in [4.69, 9.17) is 9.84 Å². The molecule has 0 aliphatic carbocycles. The fourth-order valence-electron chi connectivity index (χ4n) is 2.98. The third kappa shape index (κ3) is 5.19. The summed E-state index contributed by atoms with van der Waals surface area (Å²) in [7, 11) is 0. The third-order valence-electron chi connectivity index (χ3n) is 4.56. The van der Waals surface area contributed by atoms with Crippen molar-refractivity contribution in [1.29, 1.82) is 0 Å². The first-order valence-corrected chi connectivity index (χ1v) is 10.2. The Labute approximate surface area is 193 Å². The molecule has 2 aromatic carbocycles. The van der Waals surface area contributed by atoms with Gasteiger partial charge in [0.05, 0.1) is 12.8 Å². The Morgan fingerprint density at radius 1 is 0.912 bits per heavy atom. The van der Waals surface area contributed by atoms with Gasteiger partial charge in [-0.15, -0.1) is 0 Å². The van der Waals surface area contributed by atoms with Gasteiger partial charge < -0.3 is 30.5 Å². The van der Waals surface area contributed by atoms with Crippen LogP contribution in [-0.2, 0) is 0 Å². The fourth-order valence-corrected chi connectivity index (χ4v) is 2.98. The summed E-state index contributed by atoms with van der Waals surface area (Å²) < 4.78 is 5.60. The van der Waals surface area contributed by atoms with E-state index in [1.807, 2.05) is 18.2 Å². The van der Waals surface area contributed by atoms with E-state index in [1.165, 1.54) is 31.0 Å². The van der Waals surface area contributed by atoms with Gasteiger partial charge in [-0.25, -0.2) is 19.9 Å². The van der Waals surface area contributed by atoms with Crippen molar-refractivity contribution in [3.63, 3.8) is 0 Å². The molecular formula is C22H21N7O5. The zero-order valence-electron chi connectivity index (χ0n) is 17.8. The molecule has 34 heavy (non-hydrogen) atoms. The van der Waals surface area contributed by atoms with E-state index < -0.39 is 17.2 Å². The highest BCUT2D eigenvalue weighted by molar-refractivity contribution is 5.93. The Morgan fingerprint density at radius 3 is 2.35 bits per heavy atom. The number of aliphatic hydroxyl groups excluding tert-OH is 1. The largest absolute Gasteiger partial charge is 0.504 e. The van der Waals surface area contributed by atoms with Crippen molar-refractivity contribution in [3.8, 4) is 23.0 Å². The van der Waals surface area contributed by atoms with Crippen LogP contribution in [0, 0.1) is 0 Å².